The minimum atomic E-state index is 0. The Morgan fingerprint density at radius 3 is 2.64 bits per heavy atom. The van der Waals surface area contributed by atoms with E-state index in [1.165, 1.54) is 6.42 Å². The van der Waals surface area contributed by atoms with Crippen molar-refractivity contribution in [2.45, 2.75) is 40.5 Å². The predicted octanol–water partition coefficient (Wildman–Crippen LogP) is 3.56. The fraction of sp³-hybridized carbons (Fsp3) is 0.750. The summed E-state index contributed by atoms with van der Waals surface area (Å²) in [6.07, 6.45) is 2.26. The first kappa shape index (κ1) is 19.7. The van der Waals surface area contributed by atoms with Gasteiger partial charge in [-0.2, -0.15) is 0 Å². The highest BCUT2D eigenvalue weighted by molar-refractivity contribution is 14.0. The molecule has 6 heteroatoms. The molecule has 2 unspecified atom stereocenters. The van der Waals surface area contributed by atoms with Gasteiger partial charge in [0.15, 0.2) is 5.96 Å². The van der Waals surface area contributed by atoms with Crippen LogP contribution in [0.25, 0.3) is 0 Å². The van der Waals surface area contributed by atoms with E-state index < -0.39 is 0 Å². The lowest BCUT2D eigenvalue weighted by Crippen LogP contribution is -2.48. The lowest BCUT2D eigenvalue weighted by molar-refractivity contribution is 0.208. The molecule has 2 rings (SSSR count). The first-order valence-corrected chi connectivity index (χ1v) is 8.90. The number of nitrogens with one attached hydrogen (secondary N) is 1. The molecule has 0 bridgehead atoms. The maximum absolute atomic E-state index is 4.81. The number of piperidine rings is 1. The summed E-state index contributed by atoms with van der Waals surface area (Å²) in [6.45, 7) is 12.8. The van der Waals surface area contributed by atoms with E-state index in [0.29, 0.717) is 0 Å². The van der Waals surface area contributed by atoms with Gasteiger partial charge in [0.1, 0.15) is 0 Å². The fourth-order valence-corrected chi connectivity index (χ4v) is 3.71. The molecule has 1 saturated heterocycles. The van der Waals surface area contributed by atoms with Gasteiger partial charge in [0, 0.05) is 38.0 Å². The number of rotatable bonds is 4. The number of guanidine groups is 1. The summed E-state index contributed by atoms with van der Waals surface area (Å²) in [5.74, 6) is 2.57. The number of nitrogens with zero attached hydrogens (tertiary/aromatic N) is 3. The average Bonchev–Trinajstić information content (AvgIpc) is 2.82. The monoisotopic (exact) mass is 436 g/mol. The zero-order valence-electron chi connectivity index (χ0n) is 14.1. The SMILES string of the molecule is CCNC(=NCCc1csc(C)n1)N1CC(C)CC(C)C1.I. The summed E-state index contributed by atoms with van der Waals surface area (Å²) in [5, 5.41) is 6.72. The van der Waals surface area contributed by atoms with Crippen molar-refractivity contribution in [3.8, 4) is 0 Å². The molecule has 1 aliphatic rings. The molecule has 126 valence electrons. The Hall–Kier alpha value is -0.370. The molecule has 1 N–H and O–H groups in total. The quantitative estimate of drug-likeness (QED) is 0.446. The number of aromatic nitrogens is 1. The van der Waals surface area contributed by atoms with Gasteiger partial charge in [-0.25, -0.2) is 4.98 Å². The molecule has 2 heterocycles. The maximum Gasteiger partial charge on any atom is 0.193 e. The van der Waals surface area contributed by atoms with E-state index in [1.807, 2.05) is 0 Å². The Kier molecular flexibility index (Phi) is 8.67. The Bertz CT molecular complexity index is 464. The van der Waals surface area contributed by atoms with Crippen LogP contribution in [0.4, 0.5) is 0 Å². The normalized spacial score (nSPS) is 22.4. The maximum atomic E-state index is 4.81. The molecule has 0 aromatic carbocycles. The molecule has 1 fully saturated rings. The van der Waals surface area contributed by atoms with Crippen molar-refractivity contribution < 1.29 is 0 Å². The average molecular weight is 436 g/mol. The van der Waals surface area contributed by atoms with E-state index >= 15 is 0 Å². The van der Waals surface area contributed by atoms with Gasteiger partial charge in [0.2, 0.25) is 0 Å². The number of thiazole rings is 1. The highest BCUT2D eigenvalue weighted by atomic mass is 127. The first-order chi connectivity index (χ1) is 10.1. The van der Waals surface area contributed by atoms with Crippen LogP contribution >= 0.6 is 35.3 Å². The minimum Gasteiger partial charge on any atom is -0.357 e. The molecule has 1 aliphatic heterocycles. The van der Waals surface area contributed by atoms with E-state index in [9.17, 15) is 0 Å². The standard InChI is InChI=1S/C16H28N4S.HI/c1-5-17-16(20-9-12(2)8-13(3)10-20)18-7-6-15-11-21-14(4)19-15;/h11-13H,5-10H2,1-4H3,(H,17,18);1H. The van der Waals surface area contributed by atoms with Crippen molar-refractivity contribution in [1.82, 2.24) is 15.2 Å². The van der Waals surface area contributed by atoms with Crippen LogP contribution in [0.5, 0.6) is 0 Å². The van der Waals surface area contributed by atoms with Crippen LogP contribution in [0.1, 0.15) is 37.9 Å². The van der Waals surface area contributed by atoms with Crippen molar-refractivity contribution in [2.24, 2.45) is 16.8 Å². The van der Waals surface area contributed by atoms with Crippen molar-refractivity contribution in [3.05, 3.63) is 16.1 Å². The zero-order valence-corrected chi connectivity index (χ0v) is 17.3. The zero-order chi connectivity index (χ0) is 15.2. The molecular weight excluding hydrogens is 407 g/mol. The van der Waals surface area contributed by atoms with Crippen molar-refractivity contribution in [1.29, 1.82) is 0 Å². The molecular formula is C16H29IN4S. The van der Waals surface area contributed by atoms with Crippen LogP contribution in [0.15, 0.2) is 10.4 Å². The molecule has 0 saturated carbocycles. The predicted molar refractivity (Wildman–Crippen MR) is 106 cm³/mol. The molecule has 0 spiro atoms. The second-order valence-electron chi connectivity index (χ2n) is 6.19. The molecule has 0 aliphatic carbocycles. The van der Waals surface area contributed by atoms with Gasteiger partial charge >= 0.3 is 0 Å². The van der Waals surface area contributed by atoms with E-state index in [0.717, 1.165) is 61.1 Å². The van der Waals surface area contributed by atoms with E-state index in [2.05, 4.69) is 48.3 Å². The summed E-state index contributed by atoms with van der Waals surface area (Å²) in [5.41, 5.74) is 1.16. The lowest BCUT2D eigenvalue weighted by Gasteiger charge is -2.37. The van der Waals surface area contributed by atoms with Gasteiger partial charge in [0.25, 0.3) is 0 Å². The number of hydrogen-bond donors (Lipinski definition) is 1. The van der Waals surface area contributed by atoms with Gasteiger partial charge in [-0.1, -0.05) is 13.8 Å². The molecule has 4 nitrogen and oxygen atoms in total. The van der Waals surface area contributed by atoms with E-state index in [4.69, 9.17) is 4.99 Å². The Morgan fingerprint density at radius 1 is 1.41 bits per heavy atom. The largest absolute Gasteiger partial charge is 0.357 e. The molecule has 0 radical (unpaired) electrons. The van der Waals surface area contributed by atoms with Crippen molar-refractivity contribution in [3.63, 3.8) is 0 Å². The minimum absolute atomic E-state index is 0. The van der Waals surface area contributed by atoms with E-state index in [1.54, 1.807) is 11.3 Å². The summed E-state index contributed by atoms with van der Waals surface area (Å²) < 4.78 is 0. The van der Waals surface area contributed by atoms with Crippen LogP contribution in [0, 0.1) is 18.8 Å². The van der Waals surface area contributed by atoms with Crippen molar-refractivity contribution >= 4 is 41.3 Å². The van der Waals surface area contributed by atoms with Crippen LogP contribution < -0.4 is 5.32 Å². The van der Waals surface area contributed by atoms with Crippen molar-refractivity contribution in [2.75, 3.05) is 26.2 Å². The highest BCUT2D eigenvalue weighted by Crippen LogP contribution is 2.20. The number of aliphatic imine (C=N–C) groups is 1. The smallest absolute Gasteiger partial charge is 0.193 e. The van der Waals surface area contributed by atoms with Crippen LogP contribution in [-0.2, 0) is 6.42 Å². The summed E-state index contributed by atoms with van der Waals surface area (Å²) >= 11 is 1.72. The number of aryl methyl sites for hydroxylation is 1. The fourth-order valence-electron chi connectivity index (χ4n) is 3.06. The number of halogens is 1. The Labute approximate surface area is 155 Å². The molecule has 2 atom stereocenters. The second-order valence-corrected chi connectivity index (χ2v) is 7.26. The highest BCUT2D eigenvalue weighted by Gasteiger charge is 2.23. The molecule has 0 amide bonds. The Morgan fingerprint density at radius 2 is 2.09 bits per heavy atom. The topological polar surface area (TPSA) is 40.5 Å². The third kappa shape index (κ3) is 6.02. The lowest BCUT2D eigenvalue weighted by atomic mass is 9.92. The van der Waals surface area contributed by atoms with Gasteiger partial charge in [-0.05, 0) is 32.1 Å². The third-order valence-electron chi connectivity index (χ3n) is 3.80. The molecule has 22 heavy (non-hydrogen) atoms. The van der Waals surface area contributed by atoms with Crippen LogP contribution in [0.3, 0.4) is 0 Å². The summed E-state index contributed by atoms with van der Waals surface area (Å²) in [7, 11) is 0. The van der Waals surface area contributed by atoms with Crippen LogP contribution in [0.2, 0.25) is 0 Å². The number of likely N-dealkylation sites (tertiary alicyclic amines) is 1. The van der Waals surface area contributed by atoms with E-state index in [-0.39, 0.29) is 24.0 Å². The van der Waals surface area contributed by atoms with Gasteiger partial charge in [0.05, 0.1) is 10.7 Å². The van der Waals surface area contributed by atoms with Gasteiger partial charge in [-0.3, -0.25) is 4.99 Å². The first-order valence-electron chi connectivity index (χ1n) is 8.02. The second kappa shape index (κ2) is 9.70. The van der Waals surface area contributed by atoms with Crippen LogP contribution in [-0.4, -0.2) is 42.0 Å². The Balaban J connectivity index is 0.00000242. The molecule has 1 aromatic rings. The third-order valence-corrected chi connectivity index (χ3v) is 4.62. The molecule has 1 aromatic heterocycles. The number of hydrogen-bond acceptors (Lipinski definition) is 3. The summed E-state index contributed by atoms with van der Waals surface area (Å²) in [6, 6.07) is 0. The summed E-state index contributed by atoms with van der Waals surface area (Å²) in [4.78, 5) is 11.7. The van der Waals surface area contributed by atoms with Gasteiger partial charge < -0.3 is 10.2 Å². The van der Waals surface area contributed by atoms with Gasteiger partial charge in [-0.15, -0.1) is 35.3 Å².